The van der Waals surface area contributed by atoms with E-state index in [-0.39, 0.29) is 0 Å². The van der Waals surface area contributed by atoms with E-state index in [2.05, 4.69) is 212 Å². The van der Waals surface area contributed by atoms with Crippen LogP contribution in [0, 0.1) is 0 Å². The molecule has 0 N–H and O–H groups in total. The second-order valence-corrected chi connectivity index (χ2v) is 14.8. The molecule has 0 aliphatic rings. The summed E-state index contributed by atoms with van der Waals surface area (Å²) in [6.07, 6.45) is 0. The number of nitrogens with zero attached hydrogens (tertiary/aromatic N) is 3. The summed E-state index contributed by atoms with van der Waals surface area (Å²) in [6.45, 7) is 0. The van der Waals surface area contributed by atoms with Crippen LogP contribution in [0.4, 0.5) is 0 Å². The Morgan fingerprint density at radius 2 is 0.724 bits per heavy atom. The number of rotatable bonds is 6. The highest BCUT2D eigenvalue weighted by Crippen LogP contribution is 2.37. The van der Waals surface area contributed by atoms with Gasteiger partial charge < -0.3 is 0 Å². The van der Waals surface area contributed by atoms with E-state index in [1.54, 1.807) is 0 Å². The van der Waals surface area contributed by atoms with Crippen molar-refractivity contribution in [1.29, 1.82) is 0 Å². The largest absolute Gasteiger partial charge is 0.248 e. The molecule has 9 aromatic carbocycles. The molecule has 11 rings (SSSR count). The van der Waals surface area contributed by atoms with Crippen molar-refractivity contribution in [1.82, 2.24) is 15.0 Å². The molecule has 0 aliphatic carbocycles. The van der Waals surface area contributed by atoms with Crippen LogP contribution in [0.2, 0.25) is 0 Å². The van der Waals surface area contributed by atoms with Gasteiger partial charge in [-0.1, -0.05) is 182 Å². The third-order valence-electron chi connectivity index (χ3n) is 11.3. The van der Waals surface area contributed by atoms with Gasteiger partial charge in [-0.3, -0.25) is 0 Å². The molecule has 0 saturated heterocycles. The van der Waals surface area contributed by atoms with Gasteiger partial charge in [0.25, 0.3) is 0 Å². The first-order valence-electron chi connectivity index (χ1n) is 19.7. The normalized spacial score (nSPS) is 11.4. The van der Waals surface area contributed by atoms with Crippen molar-refractivity contribution >= 4 is 43.2 Å². The zero-order valence-electron chi connectivity index (χ0n) is 31.5. The molecule has 0 unspecified atom stereocenters. The average molecular weight is 738 g/mol. The minimum atomic E-state index is 0.706. The van der Waals surface area contributed by atoms with Gasteiger partial charge in [0.2, 0.25) is 0 Å². The van der Waals surface area contributed by atoms with Crippen LogP contribution >= 0.6 is 0 Å². The van der Waals surface area contributed by atoms with E-state index in [1.807, 2.05) is 0 Å². The Kier molecular flexibility index (Phi) is 8.15. The van der Waals surface area contributed by atoms with Crippen molar-refractivity contribution in [2.24, 2.45) is 0 Å². The first-order valence-corrected chi connectivity index (χ1v) is 19.7. The molecule has 0 fully saturated rings. The zero-order valence-corrected chi connectivity index (χ0v) is 31.5. The van der Waals surface area contributed by atoms with E-state index in [4.69, 9.17) is 15.0 Å². The minimum Gasteiger partial charge on any atom is -0.248 e. The molecule has 0 atom stereocenters. The molecule has 3 nitrogen and oxygen atoms in total. The minimum absolute atomic E-state index is 0.706. The lowest BCUT2D eigenvalue weighted by Gasteiger charge is -2.13. The third-order valence-corrected chi connectivity index (χ3v) is 11.3. The van der Waals surface area contributed by atoms with Crippen LogP contribution < -0.4 is 0 Å². The Morgan fingerprint density at radius 1 is 0.259 bits per heavy atom. The van der Waals surface area contributed by atoms with E-state index in [9.17, 15) is 0 Å². The standard InChI is InChI=1S/C55H35N3/c1-2-12-40(13-3-1)49-34-51(56-50-31-30-41-14-8-9-17-48(41)54(49)50)42-24-18-38(19-25-42)39-20-26-43(27-21-39)52-35-53(46-28-22-36-10-4-6-15-44(36)32-46)58-55(57-52)47-29-23-37-11-5-7-16-45(37)33-47/h1-35H. The number of hydrogen-bond donors (Lipinski definition) is 0. The summed E-state index contributed by atoms with van der Waals surface area (Å²) < 4.78 is 0. The lowest BCUT2D eigenvalue weighted by molar-refractivity contribution is 1.18. The molecule has 270 valence electrons. The summed E-state index contributed by atoms with van der Waals surface area (Å²) in [5.41, 5.74) is 12.5. The highest BCUT2D eigenvalue weighted by Gasteiger charge is 2.15. The van der Waals surface area contributed by atoms with Crippen molar-refractivity contribution in [2.75, 3.05) is 0 Å². The molecule has 0 spiro atoms. The maximum atomic E-state index is 5.20. The number of aromatic nitrogens is 3. The maximum Gasteiger partial charge on any atom is 0.160 e. The molecule has 2 heterocycles. The molecule has 0 bridgehead atoms. The Morgan fingerprint density at radius 3 is 1.38 bits per heavy atom. The fourth-order valence-corrected chi connectivity index (χ4v) is 8.22. The van der Waals surface area contributed by atoms with Gasteiger partial charge in [-0.25, -0.2) is 15.0 Å². The summed E-state index contributed by atoms with van der Waals surface area (Å²) >= 11 is 0. The average Bonchev–Trinajstić information content (AvgIpc) is 3.31. The van der Waals surface area contributed by atoms with E-state index >= 15 is 0 Å². The lowest BCUT2D eigenvalue weighted by Crippen LogP contribution is -1.96. The summed E-state index contributed by atoms with van der Waals surface area (Å²) in [5, 5.41) is 8.36. The highest BCUT2D eigenvalue weighted by atomic mass is 14.9. The van der Waals surface area contributed by atoms with Gasteiger partial charge in [-0.15, -0.1) is 0 Å². The molecule has 0 aliphatic heterocycles. The number of fused-ring (bicyclic) bond motifs is 5. The number of hydrogen-bond acceptors (Lipinski definition) is 3. The van der Waals surface area contributed by atoms with Gasteiger partial charge in [0.1, 0.15) is 0 Å². The Labute approximate surface area is 336 Å². The summed E-state index contributed by atoms with van der Waals surface area (Å²) in [5.74, 6) is 0.706. The van der Waals surface area contributed by atoms with Crippen LogP contribution in [-0.4, -0.2) is 15.0 Å². The van der Waals surface area contributed by atoms with E-state index < -0.39 is 0 Å². The van der Waals surface area contributed by atoms with E-state index in [0.29, 0.717) is 5.82 Å². The van der Waals surface area contributed by atoms with Crippen LogP contribution in [0.25, 0.3) is 111 Å². The van der Waals surface area contributed by atoms with Gasteiger partial charge in [0.05, 0.1) is 22.6 Å². The van der Waals surface area contributed by atoms with Gasteiger partial charge >= 0.3 is 0 Å². The van der Waals surface area contributed by atoms with Gasteiger partial charge in [-0.2, -0.15) is 0 Å². The van der Waals surface area contributed by atoms with Crippen molar-refractivity contribution in [3.63, 3.8) is 0 Å². The van der Waals surface area contributed by atoms with Crippen LogP contribution in [0.5, 0.6) is 0 Å². The smallest absolute Gasteiger partial charge is 0.160 e. The van der Waals surface area contributed by atoms with E-state index in [1.165, 1.54) is 48.8 Å². The summed E-state index contributed by atoms with van der Waals surface area (Å²) in [7, 11) is 0. The van der Waals surface area contributed by atoms with Crippen LogP contribution in [0.1, 0.15) is 0 Å². The van der Waals surface area contributed by atoms with Gasteiger partial charge in [-0.05, 0) is 84.9 Å². The molecular formula is C55H35N3. The Bertz CT molecular complexity index is 3220. The number of pyridine rings is 1. The second-order valence-electron chi connectivity index (χ2n) is 14.8. The Hall–Kier alpha value is -7.75. The van der Waals surface area contributed by atoms with Crippen molar-refractivity contribution < 1.29 is 0 Å². The molecular weight excluding hydrogens is 703 g/mol. The lowest BCUT2D eigenvalue weighted by atomic mass is 9.94. The van der Waals surface area contributed by atoms with Crippen molar-refractivity contribution in [2.45, 2.75) is 0 Å². The fraction of sp³-hybridized carbons (Fsp3) is 0. The number of benzene rings is 9. The highest BCUT2D eigenvalue weighted by molar-refractivity contribution is 6.13. The van der Waals surface area contributed by atoms with Crippen molar-refractivity contribution in [3.05, 3.63) is 212 Å². The van der Waals surface area contributed by atoms with Crippen LogP contribution in [0.15, 0.2) is 212 Å². The van der Waals surface area contributed by atoms with Crippen LogP contribution in [0.3, 0.4) is 0 Å². The first kappa shape index (κ1) is 33.6. The quantitative estimate of drug-likeness (QED) is 0.160. The molecule has 2 aromatic heterocycles. The van der Waals surface area contributed by atoms with Gasteiger partial charge in [0, 0.05) is 27.6 Å². The zero-order chi connectivity index (χ0) is 38.4. The molecule has 0 amide bonds. The van der Waals surface area contributed by atoms with E-state index in [0.717, 1.165) is 56.0 Å². The summed E-state index contributed by atoms with van der Waals surface area (Å²) in [6, 6.07) is 75.2. The first-order chi connectivity index (χ1) is 28.7. The predicted molar refractivity (Wildman–Crippen MR) is 242 cm³/mol. The predicted octanol–water partition coefficient (Wildman–Crippen LogP) is 14.5. The molecule has 0 radical (unpaired) electrons. The fourth-order valence-electron chi connectivity index (χ4n) is 8.22. The van der Waals surface area contributed by atoms with Gasteiger partial charge in [0.15, 0.2) is 5.82 Å². The molecule has 3 heteroatoms. The topological polar surface area (TPSA) is 38.7 Å². The third kappa shape index (κ3) is 6.16. The molecule has 58 heavy (non-hydrogen) atoms. The second kappa shape index (κ2) is 14.1. The maximum absolute atomic E-state index is 5.20. The van der Waals surface area contributed by atoms with Crippen molar-refractivity contribution in [3.8, 4) is 67.4 Å². The SMILES string of the molecule is c1ccc(-c2cc(-c3ccc(-c4ccc(-c5cc(-c6ccc7ccccc7c6)nc(-c6ccc7ccccc7c6)n5)cc4)cc3)nc3ccc4ccccc4c23)cc1. The summed E-state index contributed by atoms with van der Waals surface area (Å²) in [4.78, 5) is 15.5. The molecule has 11 aromatic rings. The van der Waals surface area contributed by atoms with Crippen LogP contribution in [-0.2, 0) is 0 Å². The molecule has 0 saturated carbocycles. The monoisotopic (exact) mass is 737 g/mol. The Balaban J connectivity index is 0.950.